The van der Waals surface area contributed by atoms with Crippen LogP contribution in [0.25, 0.3) is 0 Å². The largest absolute Gasteiger partial charge is 0.414 e. The minimum Gasteiger partial charge on any atom is -0.414 e. The van der Waals surface area contributed by atoms with E-state index in [-0.39, 0.29) is 5.04 Å². The molecule has 0 spiro atoms. The van der Waals surface area contributed by atoms with Crippen molar-refractivity contribution in [1.82, 2.24) is 0 Å². The van der Waals surface area contributed by atoms with Gasteiger partial charge in [-0.3, -0.25) is 0 Å². The maximum absolute atomic E-state index is 6.56. The van der Waals surface area contributed by atoms with Crippen LogP contribution in [-0.2, 0) is 4.43 Å². The average Bonchev–Trinajstić information content (AvgIpc) is 2.43. The molecule has 1 aromatic carbocycles. The molecule has 1 fully saturated rings. The lowest BCUT2D eigenvalue weighted by Gasteiger charge is -2.41. The summed E-state index contributed by atoms with van der Waals surface area (Å²) in [5.74, 6) is 0. The van der Waals surface area contributed by atoms with E-state index in [2.05, 4.69) is 61.2 Å². The molecule has 0 aliphatic heterocycles. The van der Waals surface area contributed by atoms with Gasteiger partial charge in [0.1, 0.15) is 0 Å². The average molecular weight is 399 g/mol. The Bertz CT molecular complexity index is 534. The number of hydrogen-bond acceptors (Lipinski definition) is 3. The normalized spacial score (nSPS) is 22.9. The summed E-state index contributed by atoms with van der Waals surface area (Å²) in [4.78, 5) is 0. The predicted octanol–water partition coefficient (Wildman–Crippen LogP) is 5.78. The Kier molecular flexibility index (Phi) is 5.85. The van der Waals surface area contributed by atoms with Crippen molar-refractivity contribution in [3.8, 4) is 0 Å². The molecule has 0 amide bonds. The number of nitrogen functional groups attached to an aromatic ring is 1. The zero-order valence-corrected chi connectivity index (χ0v) is 17.7. The Hall–Kier alpha value is -0.523. The molecule has 2 rings (SSSR count). The molecule has 1 aliphatic carbocycles. The van der Waals surface area contributed by atoms with Crippen molar-refractivity contribution in [3.05, 3.63) is 22.7 Å². The number of hydrogen-bond donors (Lipinski definition) is 2. The van der Waals surface area contributed by atoms with Crippen LogP contribution in [0.15, 0.2) is 22.7 Å². The van der Waals surface area contributed by atoms with Gasteiger partial charge in [0.05, 0.1) is 11.4 Å². The molecule has 0 bridgehead atoms. The second-order valence-corrected chi connectivity index (χ2v) is 13.9. The van der Waals surface area contributed by atoms with Crippen LogP contribution in [-0.4, -0.2) is 20.5 Å². The summed E-state index contributed by atoms with van der Waals surface area (Å²) in [7, 11) is -1.65. The van der Waals surface area contributed by atoms with Gasteiger partial charge in [-0.05, 0) is 62.0 Å². The molecule has 1 aliphatic rings. The predicted molar refractivity (Wildman–Crippen MR) is 107 cm³/mol. The van der Waals surface area contributed by atoms with Crippen molar-refractivity contribution in [2.75, 3.05) is 11.1 Å². The first-order valence-electron chi connectivity index (χ1n) is 8.58. The molecule has 130 valence electrons. The fraction of sp³-hybridized carbons (Fsp3) is 0.667. The highest BCUT2D eigenvalue weighted by Gasteiger charge is 2.39. The van der Waals surface area contributed by atoms with Crippen molar-refractivity contribution < 1.29 is 4.43 Å². The third-order valence-electron chi connectivity index (χ3n) is 5.32. The van der Waals surface area contributed by atoms with E-state index in [4.69, 9.17) is 10.2 Å². The van der Waals surface area contributed by atoms with Crippen molar-refractivity contribution in [2.24, 2.45) is 0 Å². The van der Waals surface area contributed by atoms with E-state index >= 15 is 0 Å². The number of rotatable bonds is 4. The molecular formula is C18H31BrN2OSi. The van der Waals surface area contributed by atoms with Crippen LogP contribution < -0.4 is 11.1 Å². The van der Waals surface area contributed by atoms with Crippen molar-refractivity contribution in [2.45, 2.75) is 76.7 Å². The summed E-state index contributed by atoms with van der Waals surface area (Å²) in [6, 6.07) is 6.47. The fourth-order valence-corrected chi connectivity index (χ4v) is 4.58. The highest BCUT2D eigenvalue weighted by Crippen LogP contribution is 2.39. The lowest BCUT2D eigenvalue weighted by molar-refractivity contribution is 0.133. The lowest BCUT2D eigenvalue weighted by atomic mass is 9.93. The summed E-state index contributed by atoms with van der Waals surface area (Å²) in [6.45, 7) is 11.6. The first-order valence-corrected chi connectivity index (χ1v) is 12.3. The van der Waals surface area contributed by atoms with Gasteiger partial charge in [0, 0.05) is 16.6 Å². The van der Waals surface area contributed by atoms with Crippen LogP contribution in [0.3, 0.4) is 0 Å². The number of benzene rings is 1. The monoisotopic (exact) mass is 398 g/mol. The molecule has 3 nitrogen and oxygen atoms in total. The van der Waals surface area contributed by atoms with Gasteiger partial charge in [-0.2, -0.15) is 0 Å². The van der Waals surface area contributed by atoms with Gasteiger partial charge >= 0.3 is 0 Å². The topological polar surface area (TPSA) is 47.3 Å². The summed E-state index contributed by atoms with van der Waals surface area (Å²) in [5, 5.41) is 3.89. The van der Waals surface area contributed by atoms with E-state index in [1.807, 2.05) is 12.1 Å². The summed E-state index contributed by atoms with van der Waals surface area (Å²) in [5.41, 5.74) is 7.91. The van der Waals surface area contributed by atoms with Gasteiger partial charge in [0.2, 0.25) is 0 Å². The van der Waals surface area contributed by atoms with Crippen LogP contribution in [0.1, 0.15) is 46.5 Å². The Balaban J connectivity index is 1.88. The van der Waals surface area contributed by atoms with Gasteiger partial charge < -0.3 is 15.5 Å². The molecule has 0 saturated heterocycles. The fourth-order valence-electron chi connectivity index (χ4n) is 2.79. The van der Waals surface area contributed by atoms with Crippen LogP contribution in [0.2, 0.25) is 18.1 Å². The Morgan fingerprint density at radius 3 is 2.35 bits per heavy atom. The molecule has 0 atom stereocenters. The van der Waals surface area contributed by atoms with Gasteiger partial charge in [-0.15, -0.1) is 0 Å². The van der Waals surface area contributed by atoms with E-state index < -0.39 is 8.32 Å². The summed E-state index contributed by atoms with van der Waals surface area (Å²) >= 11 is 3.51. The molecule has 5 heteroatoms. The van der Waals surface area contributed by atoms with E-state index in [0.717, 1.165) is 41.5 Å². The van der Waals surface area contributed by atoms with Gasteiger partial charge in [0.15, 0.2) is 8.32 Å². The molecule has 0 radical (unpaired) electrons. The third kappa shape index (κ3) is 4.97. The van der Waals surface area contributed by atoms with Gasteiger partial charge in [-0.25, -0.2) is 0 Å². The van der Waals surface area contributed by atoms with Crippen molar-refractivity contribution in [3.63, 3.8) is 0 Å². The highest BCUT2D eigenvalue weighted by atomic mass is 79.9. The van der Waals surface area contributed by atoms with E-state index in [1.165, 1.54) is 0 Å². The number of anilines is 2. The second kappa shape index (κ2) is 7.15. The first kappa shape index (κ1) is 18.8. The quantitative estimate of drug-likeness (QED) is 0.499. The number of halogens is 1. The molecule has 1 aromatic rings. The van der Waals surface area contributed by atoms with Crippen LogP contribution in [0.4, 0.5) is 11.4 Å². The second-order valence-electron chi connectivity index (χ2n) is 8.23. The van der Waals surface area contributed by atoms with Crippen LogP contribution in [0, 0.1) is 0 Å². The van der Waals surface area contributed by atoms with Crippen molar-refractivity contribution >= 4 is 35.6 Å². The molecule has 0 heterocycles. The zero-order valence-electron chi connectivity index (χ0n) is 15.1. The van der Waals surface area contributed by atoms with E-state index in [9.17, 15) is 0 Å². The molecule has 23 heavy (non-hydrogen) atoms. The van der Waals surface area contributed by atoms with Crippen LogP contribution in [0.5, 0.6) is 0 Å². The zero-order chi connectivity index (χ0) is 17.3. The maximum atomic E-state index is 6.56. The molecule has 3 N–H and O–H groups in total. The van der Waals surface area contributed by atoms with Crippen LogP contribution >= 0.6 is 15.9 Å². The maximum Gasteiger partial charge on any atom is 0.192 e. The van der Waals surface area contributed by atoms with Crippen molar-refractivity contribution in [1.29, 1.82) is 0 Å². The molecule has 0 aromatic heterocycles. The molecule has 1 saturated carbocycles. The molecular weight excluding hydrogens is 368 g/mol. The molecule has 0 unspecified atom stereocenters. The Morgan fingerprint density at radius 1 is 1.17 bits per heavy atom. The number of nitrogens with one attached hydrogen (secondary N) is 1. The Labute approximate surface area is 150 Å². The van der Waals surface area contributed by atoms with E-state index in [1.54, 1.807) is 0 Å². The highest BCUT2D eigenvalue weighted by molar-refractivity contribution is 9.10. The summed E-state index contributed by atoms with van der Waals surface area (Å²) < 4.78 is 7.62. The first-order chi connectivity index (χ1) is 10.6. The Morgan fingerprint density at radius 2 is 1.78 bits per heavy atom. The number of nitrogens with two attached hydrogens (primary N) is 1. The summed E-state index contributed by atoms with van der Waals surface area (Å²) in [6.07, 6.45) is 4.99. The third-order valence-corrected chi connectivity index (χ3v) is 10.3. The lowest BCUT2D eigenvalue weighted by Crippen LogP contribution is -2.45. The SMILES string of the molecule is CC(C)(C)[Si](C)(C)O[C@H]1CC[C@H](Nc2cc(Br)ccc2N)CC1. The van der Waals surface area contributed by atoms with Gasteiger partial charge in [-0.1, -0.05) is 36.7 Å². The minimum atomic E-state index is -1.65. The standard InChI is InChI=1S/C18H31BrN2OSi/c1-18(2,3)23(4,5)22-15-9-7-14(8-10-15)21-17-12-13(19)6-11-16(17)20/h6,11-12,14-15,21H,7-10,20H2,1-5H3/t14-,15-. The van der Waals surface area contributed by atoms with Gasteiger partial charge in [0.25, 0.3) is 0 Å². The smallest absolute Gasteiger partial charge is 0.192 e. The minimum absolute atomic E-state index is 0.285. The van der Waals surface area contributed by atoms with E-state index in [0.29, 0.717) is 12.1 Å².